The summed E-state index contributed by atoms with van der Waals surface area (Å²) in [5.74, 6) is 0. The largest absolute Gasteiger partial charge is 0.373 e. The molecule has 1 atom stereocenters. The minimum absolute atomic E-state index is 0.583. The highest BCUT2D eigenvalue weighted by molar-refractivity contribution is 4.58. The van der Waals surface area contributed by atoms with Crippen molar-refractivity contribution in [3.05, 3.63) is 0 Å². The van der Waals surface area contributed by atoms with Gasteiger partial charge in [-0.1, -0.05) is 0 Å². The number of ether oxygens (including phenoxy) is 1. The van der Waals surface area contributed by atoms with Crippen LogP contribution in [-0.2, 0) is 4.74 Å². The molecule has 0 spiro atoms. The Bertz CT molecular complexity index is 25.2. The number of rotatable bonds is 0. The van der Waals surface area contributed by atoms with Crippen LogP contribution < -0.4 is 0 Å². The number of hydrogen-bond acceptors (Lipinski definition) is 3. The van der Waals surface area contributed by atoms with Crippen LogP contribution in [0, 0.1) is 0 Å². The first kappa shape index (κ1) is 5.88. The molecule has 0 aromatic carbocycles. The average molecular weight is 92.1 g/mol. The standard InChI is InChI=1S/C3H6O.H2O2/c1-3-2-4-3;1-2/h3H,2H2,1H3;1-2H. The van der Waals surface area contributed by atoms with Crippen LogP contribution in [0.15, 0.2) is 0 Å². The third kappa shape index (κ3) is 3.88. The first-order valence-electron chi connectivity index (χ1n) is 1.71. The summed E-state index contributed by atoms with van der Waals surface area (Å²) in [6, 6.07) is 0. The topological polar surface area (TPSA) is 53.0 Å². The fraction of sp³-hybridized carbons (Fsp3) is 1.00. The Morgan fingerprint density at radius 2 is 1.83 bits per heavy atom. The fourth-order valence-electron chi connectivity index (χ4n) is 0.0962. The minimum atomic E-state index is 0.583. The van der Waals surface area contributed by atoms with Gasteiger partial charge in [0.25, 0.3) is 0 Å². The number of hydrogen-bond donors (Lipinski definition) is 2. The molecule has 0 radical (unpaired) electrons. The average Bonchev–Trinajstić information content (AvgIpc) is 2.30. The molecule has 38 valence electrons. The summed E-state index contributed by atoms with van der Waals surface area (Å²) < 4.78 is 4.71. The third-order valence-electron chi connectivity index (χ3n) is 0.500. The Hall–Kier alpha value is -0.120. The van der Waals surface area contributed by atoms with Crippen molar-refractivity contribution in [1.82, 2.24) is 0 Å². The van der Waals surface area contributed by atoms with E-state index in [1.807, 2.05) is 0 Å². The maximum absolute atomic E-state index is 6.00. The van der Waals surface area contributed by atoms with E-state index in [1.165, 1.54) is 0 Å². The lowest BCUT2D eigenvalue weighted by atomic mass is 10.6. The molecule has 6 heavy (non-hydrogen) atoms. The molecule has 0 aliphatic carbocycles. The van der Waals surface area contributed by atoms with Gasteiger partial charge in [-0.15, -0.1) is 0 Å². The molecule has 1 aliphatic heterocycles. The Balaban J connectivity index is 0.000000112. The van der Waals surface area contributed by atoms with Crippen LogP contribution in [0.2, 0.25) is 0 Å². The molecule has 3 heteroatoms. The lowest BCUT2D eigenvalue weighted by Crippen LogP contribution is -1.60. The Morgan fingerprint density at radius 3 is 1.83 bits per heavy atom. The summed E-state index contributed by atoms with van der Waals surface area (Å²) in [5, 5.41) is 12.0. The van der Waals surface area contributed by atoms with E-state index in [2.05, 4.69) is 6.92 Å². The zero-order chi connectivity index (χ0) is 4.99. The van der Waals surface area contributed by atoms with E-state index >= 15 is 0 Å². The highest BCUT2D eigenvalue weighted by Gasteiger charge is 2.13. The molecule has 2 N–H and O–H groups in total. The molecule has 1 saturated heterocycles. The molecule has 0 amide bonds. The van der Waals surface area contributed by atoms with Crippen LogP contribution in [-0.4, -0.2) is 23.2 Å². The quantitative estimate of drug-likeness (QED) is 0.258. The second-order valence-corrected chi connectivity index (χ2v) is 1.14. The Kier molecular flexibility index (Phi) is 3.02. The van der Waals surface area contributed by atoms with Crippen molar-refractivity contribution in [3.63, 3.8) is 0 Å². The minimum Gasteiger partial charge on any atom is -0.373 e. The first-order chi connectivity index (χ1) is 2.89. The van der Waals surface area contributed by atoms with Crippen LogP contribution >= 0.6 is 0 Å². The van der Waals surface area contributed by atoms with Crippen molar-refractivity contribution in [3.8, 4) is 0 Å². The van der Waals surface area contributed by atoms with Gasteiger partial charge in [0.1, 0.15) is 0 Å². The van der Waals surface area contributed by atoms with E-state index in [0.717, 1.165) is 6.61 Å². The maximum Gasteiger partial charge on any atom is 0.0781 e. The lowest BCUT2D eigenvalue weighted by molar-refractivity contribution is -0.176. The zero-order valence-corrected chi connectivity index (χ0v) is 3.59. The van der Waals surface area contributed by atoms with E-state index < -0.39 is 0 Å². The van der Waals surface area contributed by atoms with Gasteiger partial charge in [0.2, 0.25) is 0 Å². The van der Waals surface area contributed by atoms with Crippen LogP contribution in [0.5, 0.6) is 0 Å². The van der Waals surface area contributed by atoms with Gasteiger partial charge in [-0.05, 0) is 6.92 Å². The molecule has 1 aliphatic rings. The molecule has 0 saturated carbocycles. The number of epoxide rings is 1. The van der Waals surface area contributed by atoms with E-state index in [4.69, 9.17) is 15.3 Å². The van der Waals surface area contributed by atoms with Gasteiger partial charge in [0.05, 0.1) is 12.7 Å². The molecule has 1 unspecified atom stereocenters. The van der Waals surface area contributed by atoms with Crippen LogP contribution in [0.1, 0.15) is 6.92 Å². The van der Waals surface area contributed by atoms with Crippen LogP contribution in [0.3, 0.4) is 0 Å². The predicted octanol–water partition coefficient (Wildman–Crippen LogP) is 0.422. The molecule has 3 nitrogen and oxygen atoms in total. The molecule has 1 heterocycles. The monoisotopic (exact) mass is 92.0 g/mol. The SMILES string of the molecule is CC1CO1.OO. The highest BCUT2D eigenvalue weighted by atomic mass is 17.0. The van der Waals surface area contributed by atoms with Crippen molar-refractivity contribution in [2.24, 2.45) is 0 Å². The third-order valence-corrected chi connectivity index (χ3v) is 0.500. The maximum atomic E-state index is 6.00. The van der Waals surface area contributed by atoms with Crippen molar-refractivity contribution < 1.29 is 15.3 Å². The van der Waals surface area contributed by atoms with E-state index in [-0.39, 0.29) is 0 Å². The molecular weight excluding hydrogens is 84.0 g/mol. The molecule has 0 aromatic rings. The highest BCUT2D eigenvalue weighted by Crippen LogP contribution is 2.04. The van der Waals surface area contributed by atoms with E-state index in [0.29, 0.717) is 6.10 Å². The van der Waals surface area contributed by atoms with Gasteiger partial charge >= 0.3 is 0 Å². The summed E-state index contributed by atoms with van der Waals surface area (Å²) in [5.41, 5.74) is 0. The second kappa shape index (κ2) is 3.08. The van der Waals surface area contributed by atoms with Gasteiger partial charge in [0, 0.05) is 0 Å². The first-order valence-corrected chi connectivity index (χ1v) is 1.71. The summed E-state index contributed by atoms with van der Waals surface area (Å²) >= 11 is 0. The molecule has 1 fully saturated rings. The zero-order valence-electron chi connectivity index (χ0n) is 3.59. The van der Waals surface area contributed by atoms with Crippen molar-refractivity contribution in [2.45, 2.75) is 13.0 Å². The fourth-order valence-corrected chi connectivity index (χ4v) is 0.0962. The van der Waals surface area contributed by atoms with Crippen LogP contribution in [0.25, 0.3) is 0 Å². The smallest absolute Gasteiger partial charge is 0.0781 e. The van der Waals surface area contributed by atoms with Crippen molar-refractivity contribution >= 4 is 0 Å². The molecular formula is C3H8O3. The van der Waals surface area contributed by atoms with E-state index in [9.17, 15) is 0 Å². The van der Waals surface area contributed by atoms with Gasteiger partial charge in [0.15, 0.2) is 0 Å². The van der Waals surface area contributed by atoms with Gasteiger partial charge in [-0.25, -0.2) is 0 Å². The summed E-state index contributed by atoms with van der Waals surface area (Å²) in [7, 11) is 0. The molecule has 1 rings (SSSR count). The van der Waals surface area contributed by atoms with Crippen molar-refractivity contribution in [2.75, 3.05) is 6.61 Å². The lowest BCUT2D eigenvalue weighted by Gasteiger charge is -1.50. The van der Waals surface area contributed by atoms with Crippen molar-refractivity contribution in [1.29, 1.82) is 0 Å². The van der Waals surface area contributed by atoms with Gasteiger partial charge in [-0.2, -0.15) is 0 Å². The normalized spacial score (nSPS) is 27.5. The summed E-state index contributed by atoms with van der Waals surface area (Å²) in [4.78, 5) is 0. The summed E-state index contributed by atoms with van der Waals surface area (Å²) in [6.45, 7) is 3.04. The molecule has 0 aromatic heterocycles. The van der Waals surface area contributed by atoms with Gasteiger partial charge in [-0.3, -0.25) is 10.5 Å². The van der Waals surface area contributed by atoms with E-state index in [1.54, 1.807) is 0 Å². The Labute approximate surface area is 36.1 Å². The van der Waals surface area contributed by atoms with Crippen LogP contribution in [0.4, 0.5) is 0 Å². The Morgan fingerprint density at radius 1 is 1.67 bits per heavy atom. The predicted molar refractivity (Wildman–Crippen MR) is 20.7 cm³/mol. The second-order valence-electron chi connectivity index (χ2n) is 1.14. The van der Waals surface area contributed by atoms with Gasteiger partial charge < -0.3 is 4.74 Å². The molecule has 0 bridgehead atoms. The summed E-state index contributed by atoms with van der Waals surface area (Å²) in [6.07, 6.45) is 0.583.